The number of ether oxygens (including phenoxy) is 3. The maximum Gasteiger partial charge on any atom is 0.342 e. The maximum absolute atomic E-state index is 12.0. The van der Waals surface area contributed by atoms with Crippen molar-refractivity contribution < 1.29 is 28.5 Å². The number of methoxy groups -OCH3 is 2. The molecule has 0 aliphatic rings. The van der Waals surface area contributed by atoms with Crippen molar-refractivity contribution in [2.45, 2.75) is 6.92 Å². The van der Waals surface area contributed by atoms with E-state index in [4.69, 9.17) is 18.6 Å². The van der Waals surface area contributed by atoms with E-state index < -0.39 is 5.97 Å². The Morgan fingerprint density at radius 2 is 2.05 bits per heavy atom. The van der Waals surface area contributed by atoms with E-state index in [0.717, 1.165) is 0 Å². The molecular formula is C14H16O6. The van der Waals surface area contributed by atoms with E-state index in [1.807, 2.05) is 0 Å². The van der Waals surface area contributed by atoms with Gasteiger partial charge in [-0.3, -0.25) is 0 Å². The van der Waals surface area contributed by atoms with Crippen molar-refractivity contribution in [3.05, 3.63) is 23.5 Å². The summed E-state index contributed by atoms with van der Waals surface area (Å²) in [6, 6.07) is 2.96. The van der Waals surface area contributed by atoms with Crippen molar-refractivity contribution in [2.24, 2.45) is 0 Å². The van der Waals surface area contributed by atoms with Crippen LogP contribution in [-0.2, 0) is 9.47 Å². The van der Waals surface area contributed by atoms with Crippen LogP contribution in [0, 0.1) is 6.92 Å². The highest BCUT2D eigenvalue weighted by molar-refractivity contribution is 6.05. The molecule has 2 aromatic rings. The lowest BCUT2D eigenvalue weighted by molar-refractivity contribution is 0.0388. The van der Waals surface area contributed by atoms with Crippen LogP contribution < -0.4 is 4.74 Å². The molecule has 0 amide bonds. The van der Waals surface area contributed by atoms with Gasteiger partial charge in [0, 0.05) is 18.6 Å². The maximum atomic E-state index is 12.0. The standard InChI is InChI=1S/C14H16O6/c1-8-13(14(16)19-5-4-17-2)9-6-10(15)12(18-3)7-11(9)20-8/h6-7,15H,4-5H2,1-3H3. The Bertz CT molecular complexity index is 628. The molecule has 1 N–H and O–H groups in total. The largest absolute Gasteiger partial charge is 0.504 e. The minimum Gasteiger partial charge on any atom is -0.504 e. The van der Waals surface area contributed by atoms with Crippen LogP contribution in [0.5, 0.6) is 11.5 Å². The van der Waals surface area contributed by atoms with E-state index in [0.29, 0.717) is 28.9 Å². The fraction of sp³-hybridized carbons (Fsp3) is 0.357. The predicted octanol–water partition coefficient (Wildman–Crippen LogP) is 2.26. The number of esters is 1. The first-order valence-electron chi connectivity index (χ1n) is 6.04. The molecule has 0 fully saturated rings. The molecule has 2 rings (SSSR count). The number of furan rings is 1. The number of hydrogen-bond donors (Lipinski definition) is 1. The Balaban J connectivity index is 2.40. The SMILES string of the molecule is COCCOC(=O)c1c(C)oc2cc(OC)c(O)cc12. The van der Waals surface area contributed by atoms with Crippen LogP contribution in [-0.4, -0.2) is 38.5 Å². The zero-order valence-electron chi connectivity index (χ0n) is 11.6. The molecule has 1 aromatic heterocycles. The zero-order chi connectivity index (χ0) is 14.7. The summed E-state index contributed by atoms with van der Waals surface area (Å²) in [7, 11) is 2.97. The van der Waals surface area contributed by atoms with E-state index in [9.17, 15) is 9.90 Å². The van der Waals surface area contributed by atoms with Crippen molar-refractivity contribution in [2.75, 3.05) is 27.4 Å². The molecule has 0 saturated heterocycles. The van der Waals surface area contributed by atoms with E-state index in [-0.39, 0.29) is 18.1 Å². The minimum absolute atomic E-state index is 0.0632. The Morgan fingerprint density at radius 1 is 1.30 bits per heavy atom. The van der Waals surface area contributed by atoms with E-state index in [2.05, 4.69) is 0 Å². The second-order valence-electron chi connectivity index (χ2n) is 4.18. The zero-order valence-corrected chi connectivity index (χ0v) is 11.6. The van der Waals surface area contributed by atoms with Gasteiger partial charge in [0.15, 0.2) is 11.5 Å². The van der Waals surface area contributed by atoms with Gasteiger partial charge in [-0.05, 0) is 13.0 Å². The average molecular weight is 280 g/mol. The highest BCUT2D eigenvalue weighted by atomic mass is 16.6. The molecule has 108 valence electrons. The molecule has 0 unspecified atom stereocenters. The van der Waals surface area contributed by atoms with Crippen LogP contribution in [0.25, 0.3) is 11.0 Å². The Hall–Kier alpha value is -2.21. The fourth-order valence-corrected chi connectivity index (χ4v) is 1.94. The molecule has 6 nitrogen and oxygen atoms in total. The normalized spacial score (nSPS) is 10.8. The van der Waals surface area contributed by atoms with E-state index >= 15 is 0 Å². The van der Waals surface area contributed by atoms with Crippen LogP contribution in [0.4, 0.5) is 0 Å². The number of fused-ring (bicyclic) bond motifs is 1. The van der Waals surface area contributed by atoms with E-state index in [1.54, 1.807) is 6.92 Å². The fourth-order valence-electron chi connectivity index (χ4n) is 1.94. The summed E-state index contributed by atoms with van der Waals surface area (Å²) in [6.45, 7) is 2.14. The molecule has 0 atom stereocenters. The average Bonchev–Trinajstić information content (AvgIpc) is 2.73. The predicted molar refractivity (Wildman–Crippen MR) is 71.3 cm³/mol. The van der Waals surface area contributed by atoms with Gasteiger partial charge in [0.05, 0.1) is 13.7 Å². The van der Waals surface area contributed by atoms with Crippen molar-refractivity contribution in [3.63, 3.8) is 0 Å². The summed E-state index contributed by atoms with van der Waals surface area (Å²) in [5.74, 6) is 0.134. The number of hydrogen-bond acceptors (Lipinski definition) is 6. The van der Waals surface area contributed by atoms with Gasteiger partial charge in [0.1, 0.15) is 23.5 Å². The number of carbonyl (C=O) groups excluding carboxylic acids is 1. The molecular weight excluding hydrogens is 264 g/mol. The van der Waals surface area contributed by atoms with Gasteiger partial charge < -0.3 is 23.7 Å². The van der Waals surface area contributed by atoms with Crippen LogP contribution in [0.3, 0.4) is 0 Å². The van der Waals surface area contributed by atoms with Gasteiger partial charge in [-0.2, -0.15) is 0 Å². The highest BCUT2D eigenvalue weighted by Crippen LogP contribution is 2.35. The van der Waals surface area contributed by atoms with Crippen LogP contribution in [0.1, 0.15) is 16.1 Å². The van der Waals surface area contributed by atoms with Gasteiger partial charge in [-0.1, -0.05) is 0 Å². The Kier molecular flexibility index (Phi) is 4.14. The second kappa shape index (κ2) is 5.83. The molecule has 0 bridgehead atoms. The van der Waals surface area contributed by atoms with Gasteiger partial charge >= 0.3 is 5.97 Å². The van der Waals surface area contributed by atoms with Gasteiger partial charge in [-0.15, -0.1) is 0 Å². The Morgan fingerprint density at radius 3 is 2.70 bits per heavy atom. The minimum atomic E-state index is -0.511. The van der Waals surface area contributed by atoms with Crippen LogP contribution >= 0.6 is 0 Å². The van der Waals surface area contributed by atoms with Gasteiger partial charge in [-0.25, -0.2) is 4.79 Å². The summed E-state index contributed by atoms with van der Waals surface area (Å²) >= 11 is 0. The number of phenols is 1. The van der Waals surface area contributed by atoms with Crippen molar-refractivity contribution in [1.29, 1.82) is 0 Å². The monoisotopic (exact) mass is 280 g/mol. The molecule has 0 saturated carbocycles. The molecule has 1 heterocycles. The third-order valence-electron chi connectivity index (χ3n) is 2.89. The van der Waals surface area contributed by atoms with Crippen molar-refractivity contribution in [1.82, 2.24) is 0 Å². The summed E-state index contributed by atoms with van der Waals surface area (Å²) in [6.07, 6.45) is 0. The molecule has 1 aromatic carbocycles. The van der Waals surface area contributed by atoms with Gasteiger partial charge in [0.25, 0.3) is 0 Å². The Labute approximate surface area is 115 Å². The molecule has 0 radical (unpaired) electrons. The quantitative estimate of drug-likeness (QED) is 0.668. The van der Waals surface area contributed by atoms with Crippen molar-refractivity contribution >= 4 is 16.9 Å². The first-order valence-corrected chi connectivity index (χ1v) is 6.04. The third kappa shape index (κ3) is 2.55. The second-order valence-corrected chi connectivity index (χ2v) is 4.18. The summed E-state index contributed by atoms with van der Waals surface area (Å²) < 4.78 is 20.4. The van der Waals surface area contributed by atoms with Crippen molar-refractivity contribution in [3.8, 4) is 11.5 Å². The summed E-state index contributed by atoms with van der Waals surface area (Å²) in [4.78, 5) is 12.0. The van der Waals surface area contributed by atoms with E-state index in [1.165, 1.54) is 26.4 Å². The topological polar surface area (TPSA) is 78.1 Å². The smallest absolute Gasteiger partial charge is 0.342 e. The van der Waals surface area contributed by atoms with Crippen LogP contribution in [0.2, 0.25) is 0 Å². The lowest BCUT2D eigenvalue weighted by Gasteiger charge is -2.04. The number of aromatic hydroxyl groups is 1. The van der Waals surface area contributed by atoms with Crippen LogP contribution in [0.15, 0.2) is 16.5 Å². The molecule has 0 spiro atoms. The lowest BCUT2D eigenvalue weighted by atomic mass is 10.1. The highest BCUT2D eigenvalue weighted by Gasteiger charge is 2.21. The first-order chi connectivity index (χ1) is 9.58. The molecule has 0 aliphatic carbocycles. The molecule has 0 aliphatic heterocycles. The van der Waals surface area contributed by atoms with Gasteiger partial charge in [0.2, 0.25) is 0 Å². The number of rotatable bonds is 5. The summed E-state index contributed by atoms with van der Waals surface area (Å²) in [5.41, 5.74) is 0.755. The molecule has 6 heteroatoms. The number of carbonyl (C=O) groups is 1. The lowest BCUT2D eigenvalue weighted by Crippen LogP contribution is -2.10. The first kappa shape index (κ1) is 14.2. The number of phenolic OH excluding ortho intramolecular Hbond substituents is 1. The third-order valence-corrected chi connectivity index (χ3v) is 2.89. The summed E-state index contributed by atoms with van der Waals surface area (Å²) in [5, 5.41) is 10.3. The molecule has 20 heavy (non-hydrogen) atoms. The number of benzene rings is 1. The number of aryl methyl sites for hydroxylation is 1.